The predicted molar refractivity (Wildman–Crippen MR) is 61.3 cm³/mol. The molecule has 8 heteroatoms. The van der Waals surface area contributed by atoms with Gasteiger partial charge in [-0.1, -0.05) is 0 Å². The zero-order valence-electron chi connectivity index (χ0n) is 8.17. The Labute approximate surface area is 96.5 Å². The number of sulfonamides is 1. The van der Waals surface area contributed by atoms with Crippen LogP contribution in [0.1, 0.15) is 5.69 Å². The van der Waals surface area contributed by atoms with Gasteiger partial charge in [0, 0.05) is 17.3 Å². The molecule has 0 radical (unpaired) electrons. The fraction of sp³-hybridized carbons (Fsp3) is 0.125. The van der Waals surface area contributed by atoms with Crippen LogP contribution < -0.4 is 10.5 Å². The van der Waals surface area contributed by atoms with Gasteiger partial charge in [0.05, 0.1) is 12.2 Å². The first-order chi connectivity index (χ1) is 7.58. The fourth-order valence-corrected chi connectivity index (χ4v) is 3.23. The molecule has 2 aromatic heterocycles. The summed E-state index contributed by atoms with van der Waals surface area (Å²) in [4.78, 5) is 0. The maximum absolute atomic E-state index is 11.8. The Morgan fingerprint density at radius 3 is 2.94 bits per heavy atom. The van der Waals surface area contributed by atoms with E-state index < -0.39 is 10.0 Å². The van der Waals surface area contributed by atoms with E-state index in [9.17, 15) is 8.42 Å². The summed E-state index contributed by atoms with van der Waals surface area (Å²) in [7, 11) is -3.47. The Hall–Kier alpha value is -1.38. The van der Waals surface area contributed by atoms with Crippen molar-refractivity contribution in [1.82, 2.24) is 14.9 Å². The van der Waals surface area contributed by atoms with Crippen LogP contribution in [0.5, 0.6) is 0 Å². The molecule has 6 nitrogen and oxygen atoms in total. The summed E-state index contributed by atoms with van der Waals surface area (Å²) in [5, 5.41) is 7.98. The Morgan fingerprint density at radius 2 is 2.38 bits per heavy atom. The van der Waals surface area contributed by atoms with E-state index in [1.165, 1.54) is 6.07 Å². The molecule has 2 aromatic rings. The Kier molecular flexibility index (Phi) is 2.95. The lowest BCUT2D eigenvalue weighted by atomic mass is 10.4. The molecule has 0 aliphatic carbocycles. The highest BCUT2D eigenvalue weighted by atomic mass is 32.2. The minimum atomic E-state index is -3.47. The molecule has 0 bridgehead atoms. The number of H-pyrrole nitrogens is 1. The van der Waals surface area contributed by atoms with Gasteiger partial charge in [0.25, 0.3) is 0 Å². The number of thiophene rings is 1. The molecule has 86 valence electrons. The minimum Gasteiger partial charge on any atom is -0.398 e. The fourth-order valence-electron chi connectivity index (χ4n) is 1.10. The molecule has 0 amide bonds. The van der Waals surface area contributed by atoms with Crippen molar-refractivity contribution >= 4 is 27.0 Å². The quantitative estimate of drug-likeness (QED) is 0.744. The normalized spacial score (nSPS) is 11.8. The van der Waals surface area contributed by atoms with Gasteiger partial charge in [-0.2, -0.15) is 5.10 Å². The molecule has 2 rings (SSSR count). The first kappa shape index (κ1) is 11.1. The number of aromatic nitrogens is 2. The van der Waals surface area contributed by atoms with Crippen LogP contribution in [0.4, 0.5) is 5.69 Å². The third kappa shape index (κ3) is 2.40. The molecule has 16 heavy (non-hydrogen) atoms. The highest BCUT2D eigenvalue weighted by molar-refractivity contribution is 7.91. The molecule has 0 saturated heterocycles. The van der Waals surface area contributed by atoms with Crippen LogP contribution >= 0.6 is 11.3 Å². The predicted octanol–water partition coefficient (Wildman–Crippen LogP) is 0.532. The average Bonchev–Trinajstić information content (AvgIpc) is 2.85. The second kappa shape index (κ2) is 4.24. The van der Waals surface area contributed by atoms with Crippen LogP contribution in [0.2, 0.25) is 0 Å². The topological polar surface area (TPSA) is 101 Å². The zero-order valence-corrected chi connectivity index (χ0v) is 9.81. The number of nitrogens with zero attached hydrogens (tertiary/aromatic N) is 1. The van der Waals surface area contributed by atoms with Crippen LogP contribution in [0.15, 0.2) is 27.9 Å². The summed E-state index contributed by atoms with van der Waals surface area (Å²) in [5.41, 5.74) is 6.62. The summed E-state index contributed by atoms with van der Waals surface area (Å²) in [6.45, 7) is 0.181. The number of aromatic amines is 1. The van der Waals surface area contributed by atoms with Crippen molar-refractivity contribution in [2.24, 2.45) is 0 Å². The van der Waals surface area contributed by atoms with Gasteiger partial charge >= 0.3 is 0 Å². The number of hydrogen-bond acceptors (Lipinski definition) is 5. The molecule has 4 N–H and O–H groups in total. The lowest BCUT2D eigenvalue weighted by molar-refractivity contribution is 0.582. The first-order valence-corrected chi connectivity index (χ1v) is 6.76. The molecule has 0 atom stereocenters. The number of nitrogen functional groups attached to an aromatic ring is 1. The summed E-state index contributed by atoms with van der Waals surface area (Å²) in [5.74, 6) is 0. The van der Waals surface area contributed by atoms with E-state index in [2.05, 4.69) is 14.9 Å². The van der Waals surface area contributed by atoms with E-state index in [0.29, 0.717) is 11.4 Å². The first-order valence-electron chi connectivity index (χ1n) is 4.40. The summed E-state index contributed by atoms with van der Waals surface area (Å²) < 4.78 is 26.2. The number of anilines is 1. The van der Waals surface area contributed by atoms with Crippen molar-refractivity contribution in [3.63, 3.8) is 0 Å². The van der Waals surface area contributed by atoms with Gasteiger partial charge in [0.1, 0.15) is 4.21 Å². The Balaban J connectivity index is 2.09. The highest BCUT2D eigenvalue weighted by Crippen LogP contribution is 2.21. The van der Waals surface area contributed by atoms with E-state index >= 15 is 0 Å². The third-order valence-corrected chi connectivity index (χ3v) is 4.73. The molecule has 0 spiro atoms. The lowest BCUT2D eigenvalue weighted by Crippen LogP contribution is -2.22. The van der Waals surface area contributed by atoms with Crippen LogP contribution in [0.25, 0.3) is 0 Å². The lowest BCUT2D eigenvalue weighted by Gasteiger charge is -2.02. The molecular formula is C8H10N4O2S2. The summed E-state index contributed by atoms with van der Waals surface area (Å²) in [6, 6.07) is 3.13. The Morgan fingerprint density at radius 1 is 1.56 bits per heavy atom. The van der Waals surface area contributed by atoms with E-state index in [1.807, 2.05) is 0 Å². The SMILES string of the molecule is Nc1csc(S(=O)(=O)NCc2ccn[nH]2)c1. The van der Waals surface area contributed by atoms with Gasteiger partial charge in [-0.25, -0.2) is 13.1 Å². The number of nitrogens with one attached hydrogen (secondary N) is 2. The van der Waals surface area contributed by atoms with Crippen molar-refractivity contribution in [3.05, 3.63) is 29.4 Å². The van der Waals surface area contributed by atoms with Gasteiger partial charge in [-0.3, -0.25) is 5.10 Å². The van der Waals surface area contributed by atoms with Gasteiger partial charge in [0.15, 0.2) is 0 Å². The van der Waals surface area contributed by atoms with E-state index in [0.717, 1.165) is 11.3 Å². The number of rotatable bonds is 4. The van der Waals surface area contributed by atoms with Crippen LogP contribution in [0.3, 0.4) is 0 Å². The smallest absolute Gasteiger partial charge is 0.250 e. The number of nitrogens with two attached hydrogens (primary N) is 1. The van der Waals surface area contributed by atoms with Crippen molar-refractivity contribution in [2.45, 2.75) is 10.8 Å². The van der Waals surface area contributed by atoms with Crippen molar-refractivity contribution < 1.29 is 8.42 Å². The molecule has 0 aliphatic rings. The Bertz CT molecular complexity index is 559. The average molecular weight is 258 g/mol. The van der Waals surface area contributed by atoms with Gasteiger partial charge in [0.2, 0.25) is 10.0 Å². The third-order valence-electron chi connectivity index (χ3n) is 1.87. The molecule has 2 heterocycles. The van der Waals surface area contributed by atoms with Crippen molar-refractivity contribution in [1.29, 1.82) is 0 Å². The van der Waals surface area contributed by atoms with Crippen molar-refractivity contribution in [2.75, 3.05) is 5.73 Å². The molecular weight excluding hydrogens is 248 g/mol. The summed E-state index contributed by atoms with van der Waals surface area (Å²) in [6.07, 6.45) is 1.56. The van der Waals surface area contributed by atoms with Crippen LogP contribution in [-0.4, -0.2) is 18.6 Å². The zero-order chi connectivity index (χ0) is 11.6. The van der Waals surface area contributed by atoms with Gasteiger partial charge in [-0.05, 0) is 12.1 Å². The molecule has 0 aliphatic heterocycles. The molecule has 0 aromatic carbocycles. The van der Waals surface area contributed by atoms with Crippen LogP contribution in [-0.2, 0) is 16.6 Å². The molecule has 0 fully saturated rings. The number of hydrogen-bond donors (Lipinski definition) is 3. The second-order valence-electron chi connectivity index (χ2n) is 3.11. The maximum Gasteiger partial charge on any atom is 0.250 e. The van der Waals surface area contributed by atoms with Gasteiger partial charge in [-0.15, -0.1) is 11.3 Å². The van der Waals surface area contributed by atoms with Crippen molar-refractivity contribution in [3.8, 4) is 0 Å². The van der Waals surface area contributed by atoms with E-state index in [-0.39, 0.29) is 10.8 Å². The van der Waals surface area contributed by atoms with Crippen LogP contribution in [0, 0.1) is 0 Å². The van der Waals surface area contributed by atoms with E-state index in [1.54, 1.807) is 17.6 Å². The molecule has 0 unspecified atom stereocenters. The second-order valence-corrected chi connectivity index (χ2v) is 6.01. The monoisotopic (exact) mass is 258 g/mol. The van der Waals surface area contributed by atoms with E-state index in [4.69, 9.17) is 5.73 Å². The standard InChI is InChI=1S/C8H10N4O2S2/c9-6-3-8(15-5-6)16(13,14)11-4-7-1-2-10-12-7/h1-3,5,11H,4,9H2,(H,10,12). The summed E-state index contributed by atoms with van der Waals surface area (Å²) >= 11 is 1.09. The molecule has 0 saturated carbocycles. The highest BCUT2D eigenvalue weighted by Gasteiger charge is 2.15. The minimum absolute atomic E-state index is 0.181. The largest absolute Gasteiger partial charge is 0.398 e. The maximum atomic E-state index is 11.8. The van der Waals surface area contributed by atoms with Gasteiger partial charge < -0.3 is 5.73 Å².